The molecular formula is C72H105N8O19S+. The normalized spacial score (nSPS) is 21.5. The Balaban J connectivity index is 1.18. The number of hydrogen-bond donors (Lipinski definition) is 8. The zero-order valence-corrected chi connectivity index (χ0v) is 60.8. The standard InChI is InChI=1S/C72H104N8O19S/c1-15-42(6)60(55(96-14)36-59(87)78-30-19-22-50(78)48(39-81)43(7)52(82)34-46(67-74-29-31-100-67)32-44-20-17-16-18-21-44)77(11)68(92)47(40(2)3)35-53(83)61(41(4)5)80(12,13)38-45-23-24-54(97-70-64(90)62(88)63(89)65(98-70)69(93)94)49(33-45)76-56(84)27-28-73-66(91)51(79-57(85)25-26-58(79)86)37-75-71(95)99-72(8,9)10/h16-18,20-21,23-26,29,31,33,40-43,46-48,50-51,55,60-65,70,81,88-90H,15,19,22,27-28,30,32,34-39H2,1-14H3,(H3-,73,75,76,84,91,93,94,95)/p+1/t42-,43+,46+,47-,48+,50-,51-,55+,60-,61-,62-,63-,64+,65-,70+/m0/s1. The molecule has 27 nitrogen and oxygen atoms in total. The number of carboxylic acids is 1. The van der Waals surface area contributed by atoms with Crippen molar-refractivity contribution in [2.24, 2.45) is 35.5 Å². The molecule has 0 bridgehead atoms. The van der Waals surface area contributed by atoms with Crippen LogP contribution >= 0.6 is 11.3 Å². The molecule has 6 rings (SSSR count). The van der Waals surface area contributed by atoms with Gasteiger partial charge in [-0.15, -0.1) is 11.3 Å². The molecule has 8 N–H and O–H groups in total. The zero-order chi connectivity index (χ0) is 74.2. The van der Waals surface area contributed by atoms with Crippen molar-refractivity contribution < 1.29 is 96.9 Å². The Morgan fingerprint density at radius 1 is 0.860 bits per heavy atom. The van der Waals surface area contributed by atoms with Crippen LogP contribution < -0.4 is 20.7 Å². The van der Waals surface area contributed by atoms with E-state index >= 15 is 9.59 Å². The first-order valence-electron chi connectivity index (χ1n) is 34.4. The number of thiazole rings is 1. The Labute approximate surface area is 589 Å². The van der Waals surface area contributed by atoms with Crippen LogP contribution in [0.1, 0.15) is 136 Å². The molecule has 1 aromatic heterocycles. The molecule has 100 heavy (non-hydrogen) atoms. The van der Waals surface area contributed by atoms with Crippen LogP contribution in [-0.4, -0.2) is 230 Å². The number of hydrogen-bond acceptors (Lipinski definition) is 20. The van der Waals surface area contributed by atoms with E-state index in [9.17, 15) is 63.9 Å². The van der Waals surface area contributed by atoms with Crippen molar-refractivity contribution in [1.82, 2.24) is 30.3 Å². The molecule has 2 saturated heterocycles. The average molecular weight is 1420 g/mol. The number of nitrogens with one attached hydrogen (secondary N) is 3. The number of Topliss-reactive ketones (excluding diaryl/α,β-unsaturated/α-hetero) is 2. The molecule has 15 atom stereocenters. The summed E-state index contributed by atoms with van der Waals surface area (Å²) in [5.74, 6) is -8.85. The number of amides is 7. The number of carbonyl (C=O) groups excluding carboxylic acids is 9. The van der Waals surface area contributed by atoms with Gasteiger partial charge in [-0.3, -0.25) is 43.3 Å². The minimum absolute atomic E-state index is 0.00755. The topological polar surface area (TPSA) is 367 Å². The molecule has 7 amide bonds. The highest BCUT2D eigenvalue weighted by Crippen LogP contribution is 2.37. The number of alkyl carbamates (subject to hydrolysis) is 1. The molecule has 2 fully saturated rings. The largest absolute Gasteiger partial charge is 0.479 e. The summed E-state index contributed by atoms with van der Waals surface area (Å²) in [4.78, 5) is 146. The quantitative estimate of drug-likeness (QED) is 0.0280. The summed E-state index contributed by atoms with van der Waals surface area (Å²) in [6.45, 7) is 17.5. The lowest BCUT2D eigenvalue weighted by molar-refractivity contribution is -0.922. The van der Waals surface area contributed by atoms with Crippen molar-refractivity contribution in [3.63, 3.8) is 0 Å². The van der Waals surface area contributed by atoms with Crippen LogP contribution in [0.15, 0.2) is 72.3 Å². The number of ketones is 2. The molecule has 0 saturated carbocycles. The van der Waals surface area contributed by atoms with E-state index in [1.54, 1.807) is 49.9 Å². The number of aliphatic hydroxyl groups is 4. The molecular weight excluding hydrogens is 1310 g/mol. The van der Waals surface area contributed by atoms with Gasteiger partial charge in [0.1, 0.15) is 48.0 Å². The maximum atomic E-state index is 15.2. The van der Waals surface area contributed by atoms with Crippen molar-refractivity contribution in [2.45, 2.75) is 200 Å². The first kappa shape index (κ1) is 81.4. The van der Waals surface area contributed by atoms with Crippen molar-refractivity contribution in [3.8, 4) is 5.75 Å². The highest BCUT2D eigenvalue weighted by atomic mass is 32.1. The smallest absolute Gasteiger partial charge is 0.407 e. The van der Waals surface area contributed by atoms with E-state index in [4.69, 9.17) is 18.9 Å². The Hall–Kier alpha value is -7.57. The number of methoxy groups -OCH3 is 1. The Kier molecular flexibility index (Phi) is 29.6. The summed E-state index contributed by atoms with van der Waals surface area (Å²) >= 11 is 1.50. The van der Waals surface area contributed by atoms with Gasteiger partial charge < -0.3 is 74.7 Å². The van der Waals surface area contributed by atoms with Gasteiger partial charge in [-0.05, 0) is 75.6 Å². The van der Waals surface area contributed by atoms with Gasteiger partial charge in [0.25, 0.3) is 11.8 Å². The predicted molar refractivity (Wildman–Crippen MR) is 370 cm³/mol. The van der Waals surface area contributed by atoms with Gasteiger partial charge >= 0.3 is 12.1 Å². The summed E-state index contributed by atoms with van der Waals surface area (Å²) in [6.07, 6.45) is -6.04. The number of ether oxygens (including phenoxy) is 4. The maximum Gasteiger partial charge on any atom is 0.407 e. The number of carboxylic acid groups (broad SMARTS) is 1. The highest BCUT2D eigenvalue weighted by Gasteiger charge is 2.49. The van der Waals surface area contributed by atoms with Gasteiger partial charge in [-0.2, -0.15) is 0 Å². The number of nitrogens with zero attached hydrogens (tertiary/aromatic N) is 5. The fraction of sp³-hybridized carbons (Fsp3) is 0.625. The summed E-state index contributed by atoms with van der Waals surface area (Å²) < 4.78 is 22.8. The Morgan fingerprint density at radius 2 is 1.53 bits per heavy atom. The first-order valence-corrected chi connectivity index (χ1v) is 35.2. The third kappa shape index (κ3) is 21.3. The molecule has 4 heterocycles. The molecule has 0 aliphatic carbocycles. The zero-order valence-electron chi connectivity index (χ0n) is 60.0. The lowest BCUT2D eigenvalue weighted by atomic mass is 9.80. The van der Waals surface area contributed by atoms with Crippen LogP contribution in [0.4, 0.5) is 10.5 Å². The second-order valence-electron chi connectivity index (χ2n) is 28.9. The van der Waals surface area contributed by atoms with E-state index in [2.05, 4.69) is 20.9 Å². The van der Waals surface area contributed by atoms with E-state index < -0.39 is 133 Å². The Bertz CT molecular complexity index is 3330. The second kappa shape index (κ2) is 36.3. The second-order valence-corrected chi connectivity index (χ2v) is 29.8. The minimum Gasteiger partial charge on any atom is -0.479 e. The number of quaternary nitrogens is 1. The average Bonchev–Trinajstić information content (AvgIpc) is 1.07. The highest BCUT2D eigenvalue weighted by molar-refractivity contribution is 7.09. The number of rotatable bonds is 36. The molecule has 0 radical (unpaired) electrons. The van der Waals surface area contributed by atoms with Crippen LogP contribution in [0.3, 0.4) is 0 Å². The number of imide groups is 1. The maximum absolute atomic E-state index is 15.2. The third-order valence-corrected chi connectivity index (χ3v) is 20.2. The van der Waals surface area contributed by atoms with Crippen molar-refractivity contribution >= 4 is 76.1 Å². The van der Waals surface area contributed by atoms with E-state index in [-0.39, 0.29) is 102 Å². The molecule has 3 aliphatic rings. The van der Waals surface area contributed by atoms with Gasteiger partial charge in [-0.25, -0.2) is 14.6 Å². The SMILES string of the molecule is CC[C@H](C)[C@@H]([C@@H](CC(=O)N1CCC[C@H]1[C@H](CO)[C@@H](C)C(=O)C[C@@H](Cc1ccccc1)c1nccs1)OC)N(C)C(=O)[C@@H](CC(=O)[C@H](C(C)C)[N+](C)(C)Cc1ccc(O[C@@H]2O[C@H](C(=O)O)[C@@H](O)[C@H](O)[C@H]2O)c(NC(=O)CCNC(=O)[C@H](CNC(=O)OC(C)(C)C)N2C(=O)C=CC2=O)c1)C(C)C. The van der Waals surface area contributed by atoms with Crippen LogP contribution in [0.5, 0.6) is 5.75 Å². The fourth-order valence-corrected chi connectivity index (χ4v) is 14.8. The number of carbonyl (C=O) groups is 10. The molecule has 0 unspecified atom stereocenters. The molecule has 3 aliphatic heterocycles. The van der Waals surface area contributed by atoms with Gasteiger partial charge in [-0.1, -0.05) is 85.2 Å². The predicted octanol–water partition coefficient (Wildman–Crippen LogP) is 5.01. The summed E-state index contributed by atoms with van der Waals surface area (Å²) in [6, 6.07) is 11.1. The molecule has 0 spiro atoms. The van der Waals surface area contributed by atoms with Crippen LogP contribution in [0, 0.1) is 35.5 Å². The number of anilines is 1. The summed E-state index contributed by atoms with van der Waals surface area (Å²) in [7, 11) is 6.87. The van der Waals surface area contributed by atoms with Gasteiger partial charge in [0.15, 0.2) is 17.9 Å². The van der Waals surface area contributed by atoms with Gasteiger partial charge in [0.05, 0.1) is 49.9 Å². The van der Waals surface area contributed by atoms with E-state index in [0.717, 1.165) is 22.7 Å². The molecule has 552 valence electrons. The lowest BCUT2D eigenvalue weighted by Gasteiger charge is -2.42. The number of aromatic nitrogens is 1. The van der Waals surface area contributed by atoms with Crippen LogP contribution in [0.2, 0.25) is 0 Å². The molecule has 3 aromatic rings. The lowest BCUT2D eigenvalue weighted by Crippen LogP contribution is -2.61. The Morgan fingerprint density at radius 3 is 2.11 bits per heavy atom. The minimum atomic E-state index is -2.05. The number of aliphatic carboxylic acids is 1. The number of likely N-dealkylation sites (tertiary alicyclic amines) is 1. The van der Waals surface area contributed by atoms with E-state index in [1.807, 2.05) is 98.3 Å². The fourth-order valence-electron chi connectivity index (χ4n) is 14.1. The first-order chi connectivity index (χ1) is 47.0. The number of likely N-dealkylation sites (N-methyl/N-ethyl adjacent to an activating group) is 2. The molecule has 2 aromatic carbocycles. The summed E-state index contributed by atoms with van der Waals surface area (Å²) in [5, 5.41) is 63.2. The van der Waals surface area contributed by atoms with Crippen LogP contribution in [0.25, 0.3) is 0 Å². The number of aliphatic hydroxyl groups excluding tert-OH is 4. The monoisotopic (exact) mass is 1420 g/mol. The van der Waals surface area contributed by atoms with Crippen molar-refractivity contribution in [3.05, 3.63) is 88.4 Å². The van der Waals surface area contributed by atoms with Crippen molar-refractivity contribution in [2.75, 3.05) is 59.8 Å². The molecule has 28 heteroatoms. The third-order valence-electron chi connectivity index (χ3n) is 19.3. The van der Waals surface area contributed by atoms with Gasteiger partial charge in [0.2, 0.25) is 29.9 Å². The van der Waals surface area contributed by atoms with Crippen molar-refractivity contribution in [1.29, 1.82) is 0 Å². The number of benzene rings is 2. The van der Waals surface area contributed by atoms with Gasteiger partial charge in [0, 0.05) is 118 Å². The van der Waals surface area contributed by atoms with E-state index in [1.165, 1.54) is 30.6 Å². The summed E-state index contributed by atoms with van der Waals surface area (Å²) in [5.41, 5.74) is 0.596. The van der Waals surface area contributed by atoms with Crippen LogP contribution in [-0.2, 0) is 70.3 Å². The van der Waals surface area contributed by atoms with E-state index in [0.29, 0.717) is 42.7 Å².